The summed E-state index contributed by atoms with van der Waals surface area (Å²) in [6.07, 6.45) is 11.6. The summed E-state index contributed by atoms with van der Waals surface area (Å²) in [4.78, 5) is 2.44. The zero-order chi connectivity index (χ0) is 18.2. The van der Waals surface area contributed by atoms with Crippen LogP contribution in [-0.4, -0.2) is 30.7 Å². The first-order valence-electron chi connectivity index (χ1n) is 10.3. The fourth-order valence-corrected chi connectivity index (χ4v) is 7.67. The molecule has 4 rings (SSSR count). The van der Waals surface area contributed by atoms with Crippen LogP contribution in [0.4, 0.5) is 0 Å². The maximum Gasteiger partial charge on any atom is 2.00 e. The van der Waals surface area contributed by atoms with E-state index in [2.05, 4.69) is 79.7 Å². The first-order valence-corrected chi connectivity index (χ1v) is 11.7. The molecule has 0 amide bonds. The third-order valence-electron chi connectivity index (χ3n) is 5.76. The third-order valence-corrected chi connectivity index (χ3v) is 8.73. The molecular formula is C26H40FeNP. The van der Waals surface area contributed by atoms with E-state index in [1.54, 1.807) is 0 Å². The van der Waals surface area contributed by atoms with Crippen molar-refractivity contribution in [3.05, 3.63) is 75.5 Å². The minimum atomic E-state index is -0.265. The molecule has 2 unspecified atom stereocenters. The summed E-state index contributed by atoms with van der Waals surface area (Å²) in [6.45, 7) is 0. The van der Waals surface area contributed by atoms with Crippen molar-refractivity contribution in [2.45, 2.75) is 63.1 Å². The van der Waals surface area contributed by atoms with Gasteiger partial charge in [-0.1, -0.05) is 99.2 Å². The molecule has 2 aromatic rings. The second-order valence-corrected chi connectivity index (χ2v) is 10.3. The summed E-state index contributed by atoms with van der Waals surface area (Å²) in [5.41, 5.74) is 0.778. The Morgan fingerprint density at radius 2 is 1.07 bits per heavy atom. The van der Waals surface area contributed by atoms with Gasteiger partial charge in [0.2, 0.25) is 0 Å². The summed E-state index contributed by atoms with van der Waals surface area (Å²) in [5.74, 6) is 0. The molecule has 1 nitrogen and oxygen atoms in total. The van der Waals surface area contributed by atoms with Crippen LogP contribution in [0.15, 0.2) is 60.7 Å². The number of nitrogens with zero attached hydrogens (tertiary/aromatic N) is 1. The standard InChI is InChI=1S/C19H24NP.C5H10.2CH3.Fe/c1-20(2)18-14-9-15-19(18)21(16-10-5-3-6-11-16)17-12-7-4-8-13-17;1-2-4-5-3-1;;;/h3-8,10-13,18-19H,9,14-15H2,1-2H3;1-5H2;2*1H3;/q;;2*-1;+2. The molecule has 0 heterocycles. The summed E-state index contributed by atoms with van der Waals surface area (Å²) in [6, 6.07) is 23.0. The number of benzene rings is 2. The number of rotatable bonds is 4. The molecule has 2 atom stereocenters. The molecule has 2 saturated carbocycles. The van der Waals surface area contributed by atoms with Crippen LogP contribution in [-0.2, 0) is 17.1 Å². The second-order valence-electron chi connectivity index (χ2n) is 7.84. The van der Waals surface area contributed by atoms with Gasteiger partial charge in [0, 0.05) is 11.7 Å². The van der Waals surface area contributed by atoms with Crippen LogP contribution < -0.4 is 10.6 Å². The van der Waals surface area contributed by atoms with Crippen molar-refractivity contribution < 1.29 is 17.1 Å². The third kappa shape index (κ3) is 8.18. The molecule has 29 heavy (non-hydrogen) atoms. The molecule has 2 aliphatic carbocycles. The van der Waals surface area contributed by atoms with Gasteiger partial charge in [0.05, 0.1) is 0 Å². The van der Waals surface area contributed by atoms with Crippen molar-refractivity contribution in [1.82, 2.24) is 4.90 Å². The minimum absolute atomic E-state index is 0. The van der Waals surface area contributed by atoms with Crippen molar-refractivity contribution in [1.29, 1.82) is 0 Å². The van der Waals surface area contributed by atoms with Crippen LogP contribution in [0.5, 0.6) is 0 Å². The summed E-state index contributed by atoms with van der Waals surface area (Å²) >= 11 is 0. The smallest absolute Gasteiger partial charge is 0.358 e. The molecule has 0 spiro atoms. The van der Waals surface area contributed by atoms with Crippen LogP contribution in [0.2, 0.25) is 0 Å². The average Bonchev–Trinajstić information content (AvgIpc) is 3.39. The largest absolute Gasteiger partial charge is 2.00 e. The maximum absolute atomic E-state index is 2.44. The Kier molecular flexibility index (Phi) is 14.9. The average molecular weight is 453 g/mol. The van der Waals surface area contributed by atoms with Gasteiger partial charge in [-0.2, -0.15) is 0 Å². The van der Waals surface area contributed by atoms with Gasteiger partial charge in [-0.3, -0.25) is 0 Å². The molecule has 2 fully saturated rings. The zero-order valence-electron chi connectivity index (χ0n) is 18.8. The Balaban J connectivity index is 0.000000863. The van der Waals surface area contributed by atoms with Crippen LogP contribution in [0.1, 0.15) is 51.4 Å². The van der Waals surface area contributed by atoms with Crippen molar-refractivity contribution in [3.63, 3.8) is 0 Å². The van der Waals surface area contributed by atoms with Crippen molar-refractivity contribution >= 4 is 18.5 Å². The fourth-order valence-electron chi connectivity index (χ4n) is 4.42. The topological polar surface area (TPSA) is 3.24 Å². The molecule has 0 radical (unpaired) electrons. The molecule has 0 N–H and O–H groups in total. The molecule has 0 saturated heterocycles. The molecule has 3 heteroatoms. The van der Waals surface area contributed by atoms with Gasteiger partial charge < -0.3 is 19.8 Å². The van der Waals surface area contributed by atoms with E-state index in [4.69, 9.17) is 0 Å². The van der Waals surface area contributed by atoms with E-state index in [1.165, 1.54) is 62.0 Å². The molecule has 162 valence electrons. The Morgan fingerprint density at radius 1 is 0.655 bits per heavy atom. The second kappa shape index (κ2) is 15.2. The van der Waals surface area contributed by atoms with Crippen molar-refractivity contribution in [2.24, 2.45) is 0 Å². The molecule has 2 aromatic carbocycles. The quantitative estimate of drug-likeness (QED) is 0.292. The van der Waals surface area contributed by atoms with Crippen LogP contribution in [0, 0.1) is 14.9 Å². The first kappa shape index (κ1) is 28.3. The van der Waals surface area contributed by atoms with Crippen LogP contribution in [0.3, 0.4) is 0 Å². The SMILES string of the molecule is C1CCCC1.CN(C)C1CCCC1P(c1ccccc1)c1ccccc1.[CH3-].[CH3-].[Fe+2]. The number of hydrogen-bond donors (Lipinski definition) is 0. The van der Waals surface area contributed by atoms with E-state index in [-0.39, 0.29) is 39.8 Å². The van der Waals surface area contributed by atoms with E-state index < -0.39 is 0 Å². The van der Waals surface area contributed by atoms with E-state index in [0.29, 0.717) is 0 Å². The van der Waals surface area contributed by atoms with Crippen LogP contribution >= 0.6 is 7.92 Å². The normalized spacial score (nSPS) is 20.1. The van der Waals surface area contributed by atoms with E-state index in [1.807, 2.05) is 0 Å². The predicted molar refractivity (Wildman–Crippen MR) is 130 cm³/mol. The molecular weight excluding hydrogens is 413 g/mol. The minimum Gasteiger partial charge on any atom is -0.358 e. The molecule has 2 aliphatic rings. The van der Waals surface area contributed by atoms with E-state index in [9.17, 15) is 0 Å². The summed E-state index contributed by atoms with van der Waals surface area (Å²) in [5, 5.41) is 3.05. The monoisotopic (exact) mass is 453 g/mol. The van der Waals surface area contributed by atoms with Gasteiger partial charge in [0.15, 0.2) is 0 Å². The maximum atomic E-state index is 2.44. The zero-order valence-corrected chi connectivity index (χ0v) is 20.8. The summed E-state index contributed by atoms with van der Waals surface area (Å²) in [7, 11) is 4.22. The molecule has 0 aromatic heterocycles. The fraction of sp³-hybridized carbons (Fsp3) is 0.462. The Hall–Kier alpha value is -0.651. The van der Waals surface area contributed by atoms with E-state index in [0.717, 1.165) is 11.7 Å². The van der Waals surface area contributed by atoms with Gasteiger partial charge >= 0.3 is 17.1 Å². The Morgan fingerprint density at radius 3 is 1.45 bits per heavy atom. The van der Waals surface area contributed by atoms with Crippen molar-refractivity contribution in [2.75, 3.05) is 14.1 Å². The predicted octanol–water partition coefficient (Wildman–Crippen LogP) is 6.45. The molecule has 0 aliphatic heterocycles. The van der Waals surface area contributed by atoms with Crippen LogP contribution in [0.25, 0.3) is 0 Å². The van der Waals surface area contributed by atoms with Gasteiger partial charge in [-0.05, 0) is 45.5 Å². The van der Waals surface area contributed by atoms with Gasteiger partial charge in [-0.15, -0.1) is 0 Å². The summed E-state index contributed by atoms with van der Waals surface area (Å²) < 4.78 is 0. The Labute approximate surface area is 192 Å². The van der Waals surface area contributed by atoms with Gasteiger partial charge in [0.1, 0.15) is 0 Å². The Bertz CT molecular complexity index is 581. The number of hydrogen-bond acceptors (Lipinski definition) is 1. The first-order chi connectivity index (χ1) is 12.8. The van der Waals surface area contributed by atoms with Crippen molar-refractivity contribution in [3.8, 4) is 0 Å². The molecule has 0 bridgehead atoms. The van der Waals surface area contributed by atoms with Gasteiger partial charge in [-0.25, -0.2) is 0 Å². The van der Waals surface area contributed by atoms with Gasteiger partial charge in [0.25, 0.3) is 0 Å². The van der Waals surface area contributed by atoms with E-state index >= 15 is 0 Å².